The third-order valence-corrected chi connectivity index (χ3v) is 5.77. The molecule has 35 heavy (non-hydrogen) atoms. The van der Waals surface area contributed by atoms with Gasteiger partial charge in [0.15, 0.2) is 5.65 Å². The van der Waals surface area contributed by atoms with Gasteiger partial charge in [0.05, 0.1) is 38.3 Å². The number of esters is 2. The number of hydrogen-bond acceptors (Lipinski definition) is 8. The fourth-order valence-corrected chi connectivity index (χ4v) is 4.11. The van der Waals surface area contributed by atoms with Crippen molar-refractivity contribution in [1.82, 2.24) is 14.6 Å². The molecule has 0 fully saturated rings. The van der Waals surface area contributed by atoms with Gasteiger partial charge in [-0.3, -0.25) is 0 Å². The fraction of sp³-hybridized carbons (Fsp3) is 0.154. The Kier molecular flexibility index (Phi) is 5.99. The first-order chi connectivity index (χ1) is 17.1. The first-order valence-electron chi connectivity index (χ1n) is 10.9. The molecular formula is C26H22N4O5. The van der Waals surface area contributed by atoms with Crippen LogP contribution in [0.1, 0.15) is 0 Å². The summed E-state index contributed by atoms with van der Waals surface area (Å²) >= 11 is 0. The Balaban J connectivity index is 1.60. The van der Waals surface area contributed by atoms with Crippen LogP contribution in [0.4, 0.5) is 5.69 Å². The molecule has 0 amide bonds. The van der Waals surface area contributed by atoms with Gasteiger partial charge in [-0.25, -0.2) is 19.1 Å². The SMILES string of the molecule is COC(=O)C1=C(C(=O)OC)N(c2cccc(-c3ccnc4c(-c5ccccc5)cnn34)c2)COC1. The van der Waals surface area contributed by atoms with E-state index in [0.717, 1.165) is 28.0 Å². The lowest BCUT2D eigenvalue weighted by molar-refractivity contribution is -0.140. The average molecular weight is 470 g/mol. The highest BCUT2D eigenvalue weighted by Crippen LogP contribution is 2.32. The number of fused-ring (bicyclic) bond motifs is 1. The van der Waals surface area contributed by atoms with Crippen molar-refractivity contribution in [3.63, 3.8) is 0 Å². The van der Waals surface area contributed by atoms with Gasteiger partial charge in [-0.1, -0.05) is 42.5 Å². The summed E-state index contributed by atoms with van der Waals surface area (Å²) in [6.45, 7) is 0.0217. The normalized spacial score (nSPS) is 13.7. The van der Waals surface area contributed by atoms with Gasteiger partial charge in [0, 0.05) is 23.0 Å². The summed E-state index contributed by atoms with van der Waals surface area (Å²) in [6, 6.07) is 19.3. The minimum Gasteiger partial charge on any atom is -0.466 e. The molecule has 1 aliphatic heterocycles. The average Bonchev–Trinajstić information content (AvgIpc) is 3.36. The summed E-state index contributed by atoms with van der Waals surface area (Å²) in [7, 11) is 2.52. The number of anilines is 1. The van der Waals surface area contributed by atoms with E-state index in [2.05, 4.69) is 10.1 Å². The van der Waals surface area contributed by atoms with E-state index in [9.17, 15) is 9.59 Å². The van der Waals surface area contributed by atoms with Gasteiger partial charge in [0.25, 0.3) is 0 Å². The highest BCUT2D eigenvalue weighted by molar-refractivity contribution is 6.03. The zero-order chi connectivity index (χ0) is 24.4. The number of rotatable bonds is 5. The molecule has 0 bridgehead atoms. The van der Waals surface area contributed by atoms with Crippen LogP contribution in [0.25, 0.3) is 28.0 Å². The highest BCUT2D eigenvalue weighted by Gasteiger charge is 2.32. The summed E-state index contributed by atoms with van der Waals surface area (Å²) < 4.78 is 17.2. The number of hydrogen-bond donors (Lipinski definition) is 0. The Bertz CT molecular complexity index is 1440. The van der Waals surface area contributed by atoms with Crippen molar-refractivity contribution >= 4 is 23.3 Å². The Hall–Kier alpha value is -4.50. The van der Waals surface area contributed by atoms with Crippen LogP contribution in [0.3, 0.4) is 0 Å². The van der Waals surface area contributed by atoms with Gasteiger partial charge < -0.3 is 19.1 Å². The molecule has 4 aromatic rings. The zero-order valence-corrected chi connectivity index (χ0v) is 19.2. The van der Waals surface area contributed by atoms with Crippen molar-refractivity contribution in [3.05, 3.63) is 84.3 Å². The van der Waals surface area contributed by atoms with E-state index in [1.807, 2.05) is 60.7 Å². The second kappa shape index (κ2) is 9.40. The maximum atomic E-state index is 12.6. The lowest BCUT2D eigenvalue weighted by Gasteiger charge is -2.31. The van der Waals surface area contributed by atoms with Crippen LogP contribution in [0, 0.1) is 0 Å². The Morgan fingerprint density at radius 3 is 2.49 bits per heavy atom. The number of methoxy groups -OCH3 is 2. The predicted molar refractivity (Wildman–Crippen MR) is 128 cm³/mol. The molecule has 0 radical (unpaired) electrons. The summed E-state index contributed by atoms with van der Waals surface area (Å²) in [5.74, 6) is -1.29. The Labute approximate surface area is 201 Å². The van der Waals surface area contributed by atoms with Gasteiger partial charge in [0.2, 0.25) is 0 Å². The summed E-state index contributed by atoms with van der Waals surface area (Å²) in [5, 5.41) is 4.59. The van der Waals surface area contributed by atoms with E-state index >= 15 is 0 Å². The summed E-state index contributed by atoms with van der Waals surface area (Å²) in [5.41, 5.74) is 5.16. The molecule has 3 heterocycles. The minimum absolute atomic E-state index is 0.0478. The lowest BCUT2D eigenvalue weighted by Crippen LogP contribution is -2.38. The van der Waals surface area contributed by atoms with Crippen LogP contribution in [-0.2, 0) is 23.8 Å². The molecule has 0 aliphatic carbocycles. The van der Waals surface area contributed by atoms with Gasteiger partial charge in [0.1, 0.15) is 12.4 Å². The van der Waals surface area contributed by atoms with Crippen molar-refractivity contribution in [2.75, 3.05) is 32.5 Å². The van der Waals surface area contributed by atoms with Gasteiger partial charge in [-0.05, 0) is 23.8 Å². The van der Waals surface area contributed by atoms with Crippen molar-refractivity contribution < 1.29 is 23.8 Å². The molecule has 2 aromatic carbocycles. The molecule has 9 heteroatoms. The van der Waals surface area contributed by atoms with Crippen molar-refractivity contribution in [3.8, 4) is 22.4 Å². The van der Waals surface area contributed by atoms with E-state index in [4.69, 9.17) is 14.2 Å². The van der Waals surface area contributed by atoms with E-state index in [1.54, 1.807) is 21.8 Å². The number of carbonyl (C=O) groups excluding carboxylic acids is 2. The number of ether oxygens (including phenoxy) is 3. The third kappa shape index (κ3) is 4.02. The van der Waals surface area contributed by atoms with Crippen LogP contribution in [-0.4, -0.2) is 54.1 Å². The maximum absolute atomic E-state index is 12.6. The van der Waals surface area contributed by atoms with Crippen LogP contribution in [0.2, 0.25) is 0 Å². The molecule has 5 rings (SSSR count). The van der Waals surface area contributed by atoms with E-state index in [-0.39, 0.29) is 24.6 Å². The van der Waals surface area contributed by atoms with Crippen molar-refractivity contribution in [2.45, 2.75) is 0 Å². The summed E-state index contributed by atoms with van der Waals surface area (Å²) in [6.07, 6.45) is 3.54. The lowest BCUT2D eigenvalue weighted by atomic mass is 10.1. The highest BCUT2D eigenvalue weighted by atomic mass is 16.5. The Morgan fingerprint density at radius 2 is 1.71 bits per heavy atom. The standard InChI is InChI=1S/C26H22N4O5/c1-33-25(31)21-15-35-16-29(23(21)26(32)34-2)19-10-6-9-18(13-19)22-11-12-27-24-20(14-28-30(22)24)17-7-4-3-5-8-17/h3-14H,15-16H2,1-2H3. The second-order valence-electron chi connectivity index (χ2n) is 7.76. The monoisotopic (exact) mass is 470 g/mol. The van der Waals surface area contributed by atoms with Crippen molar-refractivity contribution in [2.24, 2.45) is 0 Å². The molecule has 0 saturated heterocycles. The third-order valence-electron chi connectivity index (χ3n) is 5.77. The molecule has 0 N–H and O–H groups in total. The van der Waals surface area contributed by atoms with Crippen LogP contribution in [0.5, 0.6) is 0 Å². The smallest absolute Gasteiger partial charge is 0.355 e. The molecule has 0 spiro atoms. The van der Waals surface area contributed by atoms with Crippen LogP contribution < -0.4 is 4.90 Å². The first kappa shape index (κ1) is 22.3. The number of carbonyl (C=O) groups is 2. The molecule has 9 nitrogen and oxygen atoms in total. The number of aromatic nitrogens is 3. The van der Waals surface area contributed by atoms with E-state index in [0.29, 0.717) is 5.69 Å². The maximum Gasteiger partial charge on any atom is 0.355 e. The van der Waals surface area contributed by atoms with Crippen LogP contribution in [0.15, 0.2) is 84.3 Å². The largest absolute Gasteiger partial charge is 0.466 e. The van der Waals surface area contributed by atoms with Crippen LogP contribution >= 0.6 is 0 Å². The van der Waals surface area contributed by atoms with Gasteiger partial charge >= 0.3 is 11.9 Å². The molecule has 2 aromatic heterocycles. The molecular weight excluding hydrogens is 448 g/mol. The minimum atomic E-state index is -0.648. The first-order valence-corrected chi connectivity index (χ1v) is 10.9. The molecule has 0 saturated carbocycles. The second-order valence-corrected chi connectivity index (χ2v) is 7.76. The molecule has 176 valence electrons. The summed E-state index contributed by atoms with van der Waals surface area (Å²) in [4.78, 5) is 31.1. The topological polar surface area (TPSA) is 95.3 Å². The van der Waals surface area contributed by atoms with E-state index in [1.165, 1.54) is 14.2 Å². The molecule has 0 unspecified atom stereocenters. The predicted octanol–water partition coefficient (Wildman–Crippen LogP) is 3.46. The molecule has 1 aliphatic rings. The van der Waals surface area contributed by atoms with Gasteiger partial charge in [-0.15, -0.1) is 0 Å². The van der Waals surface area contributed by atoms with Crippen molar-refractivity contribution in [1.29, 1.82) is 0 Å². The number of nitrogens with zero attached hydrogens (tertiary/aromatic N) is 4. The number of benzene rings is 2. The quantitative estimate of drug-likeness (QED) is 0.409. The Morgan fingerprint density at radius 1 is 0.943 bits per heavy atom. The van der Waals surface area contributed by atoms with E-state index < -0.39 is 11.9 Å². The van der Waals surface area contributed by atoms with Gasteiger partial charge in [-0.2, -0.15) is 5.10 Å². The molecule has 0 atom stereocenters. The zero-order valence-electron chi connectivity index (χ0n) is 19.2. The fourth-order valence-electron chi connectivity index (χ4n) is 4.11.